The molecular weight excluding hydrogens is 358 g/mol. The van der Waals surface area contributed by atoms with Crippen LogP contribution in [0.3, 0.4) is 0 Å². The maximum absolute atomic E-state index is 12.7. The largest absolute Gasteiger partial charge is 0.493 e. The minimum Gasteiger partial charge on any atom is -0.493 e. The predicted molar refractivity (Wildman–Crippen MR) is 108 cm³/mol. The van der Waals surface area contributed by atoms with Crippen LogP contribution in [0.2, 0.25) is 0 Å². The highest BCUT2D eigenvalue weighted by Gasteiger charge is 2.32. The summed E-state index contributed by atoms with van der Waals surface area (Å²) in [6.07, 6.45) is 5.22. The molecule has 1 aliphatic rings. The molecule has 28 heavy (non-hydrogen) atoms. The Morgan fingerprint density at radius 3 is 2.50 bits per heavy atom. The van der Waals surface area contributed by atoms with Gasteiger partial charge in [0.15, 0.2) is 17.6 Å². The van der Waals surface area contributed by atoms with Gasteiger partial charge in [-0.3, -0.25) is 4.79 Å². The Bertz CT molecular complexity index is 705. The fraction of sp³-hybridized carbons (Fsp3) is 0.545. The van der Waals surface area contributed by atoms with Crippen LogP contribution in [0.1, 0.15) is 52.5 Å². The zero-order valence-electron chi connectivity index (χ0n) is 17.4. The van der Waals surface area contributed by atoms with Crippen molar-refractivity contribution in [2.24, 2.45) is 0 Å². The molecule has 0 unspecified atom stereocenters. The van der Waals surface area contributed by atoms with Crippen molar-refractivity contribution < 1.29 is 23.8 Å². The number of benzene rings is 1. The van der Waals surface area contributed by atoms with Crippen molar-refractivity contribution >= 4 is 18.0 Å². The van der Waals surface area contributed by atoms with Crippen molar-refractivity contribution in [1.82, 2.24) is 4.90 Å². The summed E-state index contributed by atoms with van der Waals surface area (Å²) >= 11 is 0. The van der Waals surface area contributed by atoms with Gasteiger partial charge in [-0.15, -0.1) is 0 Å². The van der Waals surface area contributed by atoms with E-state index < -0.39 is 12.1 Å². The average molecular weight is 389 g/mol. The van der Waals surface area contributed by atoms with E-state index in [2.05, 4.69) is 0 Å². The summed E-state index contributed by atoms with van der Waals surface area (Å²) in [6.45, 7) is 8.15. The molecule has 1 aromatic carbocycles. The number of ether oxygens (including phenoxy) is 3. The molecule has 1 amide bonds. The molecule has 2 rings (SSSR count). The summed E-state index contributed by atoms with van der Waals surface area (Å²) in [5.74, 6) is 0.554. The lowest BCUT2D eigenvalue weighted by Crippen LogP contribution is -2.51. The average Bonchev–Trinajstić information content (AvgIpc) is 2.67. The van der Waals surface area contributed by atoms with Gasteiger partial charge in [0.2, 0.25) is 0 Å². The first-order valence-electron chi connectivity index (χ1n) is 9.89. The number of rotatable bonds is 7. The maximum atomic E-state index is 12.7. The molecule has 6 heteroatoms. The van der Waals surface area contributed by atoms with Gasteiger partial charge in [-0.2, -0.15) is 0 Å². The van der Waals surface area contributed by atoms with Gasteiger partial charge in [0, 0.05) is 18.2 Å². The summed E-state index contributed by atoms with van der Waals surface area (Å²) in [4.78, 5) is 26.7. The minimum absolute atomic E-state index is 0.135. The highest BCUT2D eigenvalue weighted by atomic mass is 16.5. The molecule has 0 aliphatic carbocycles. The summed E-state index contributed by atoms with van der Waals surface area (Å²) in [7, 11) is 1.56. The molecule has 6 nitrogen and oxygen atoms in total. The van der Waals surface area contributed by atoms with Gasteiger partial charge in [-0.25, -0.2) is 4.79 Å². The van der Waals surface area contributed by atoms with Gasteiger partial charge in [-0.05, 0) is 70.7 Å². The van der Waals surface area contributed by atoms with E-state index in [0.29, 0.717) is 18.1 Å². The number of esters is 1. The van der Waals surface area contributed by atoms with E-state index in [4.69, 9.17) is 14.2 Å². The van der Waals surface area contributed by atoms with Crippen LogP contribution in [-0.2, 0) is 14.3 Å². The Hall–Kier alpha value is -2.50. The standard InChI is InChI=1S/C22H31NO5/c1-6-27-19-12-10-18(14-20(19)26-5)11-13-21(24)28-17(4)22(25)23-15(2)8-7-9-16(23)3/h10-17H,6-9H2,1-5H3/b13-11+/t15-,16-,17-/m0/s1. The van der Waals surface area contributed by atoms with Gasteiger partial charge in [-0.1, -0.05) is 6.07 Å². The van der Waals surface area contributed by atoms with Crippen molar-refractivity contribution in [1.29, 1.82) is 0 Å². The smallest absolute Gasteiger partial charge is 0.331 e. The van der Waals surface area contributed by atoms with Crippen molar-refractivity contribution in [3.63, 3.8) is 0 Å². The lowest BCUT2D eigenvalue weighted by Gasteiger charge is -2.40. The number of hydrogen-bond acceptors (Lipinski definition) is 5. The van der Waals surface area contributed by atoms with Crippen molar-refractivity contribution in [2.75, 3.05) is 13.7 Å². The van der Waals surface area contributed by atoms with Crippen molar-refractivity contribution in [3.05, 3.63) is 29.8 Å². The van der Waals surface area contributed by atoms with Crippen LogP contribution >= 0.6 is 0 Å². The van der Waals surface area contributed by atoms with Gasteiger partial charge >= 0.3 is 5.97 Å². The van der Waals surface area contributed by atoms with Gasteiger partial charge in [0.1, 0.15) is 0 Å². The zero-order valence-corrected chi connectivity index (χ0v) is 17.4. The van der Waals surface area contributed by atoms with Crippen LogP contribution in [0.4, 0.5) is 0 Å². The number of carbonyl (C=O) groups is 2. The highest BCUT2D eigenvalue weighted by molar-refractivity contribution is 5.90. The first-order valence-corrected chi connectivity index (χ1v) is 9.89. The van der Waals surface area contributed by atoms with E-state index in [9.17, 15) is 9.59 Å². The molecule has 1 aromatic rings. The first kappa shape index (κ1) is 21.8. The predicted octanol–water partition coefficient (Wildman–Crippen LogP) is 3.83. The number of carbonyl (C=O) groups excluding carboxylic acids is 2. The molecule has 0 radical (unpaired) electrons. The Morgan fingerprint density at radius 1 is 1.21 bits per heavy atom. The molecule has 1 saturated heterocycles. The topological polar surface area (TPSA) is 65.1 Å². The second-order valence-electron chi connectivity index (χ2n) is 7.13. The lowest BCUT2D eigenvalue weighted by molar-refractivity contribution is -0.158. The van der Waals surface area contributed by atoms with E-state index >= 15 is 0 Å². The summed E-state index contributed by atoms with van der Waals surface area (Å²) in [6, 6.07) is 5.73. The number of likely N-dealkylation sites (tertiary alicyclic amines) is 1. The Balaban J connectivity index is 1.98. The molecule has 0 spiro atoms. The van der Waals surface area contributed by atoms with Crippen LogP contribution in [-0.4, -0.2) is 48.7 Å². The third kappa shape index (κ3) is 5.50. The molecule has 0 saturated carbocycles. The van der Waals surface area contributed by atoms with E-state index in [1.165, 1.54) is 6.08 Å². The van der Waals surface area contributed by atoms with Crippen LogP contribution in [0.15, 0.2) is 24.3 Å². The molecule has 0 N–H and O–H groups in total. The van der Waals surface area contributed by atoms with Crippen LogP contribution < -0.4 is 9.47 Å². The monoisotopic (exact) mass is 389 g/mol. The van der Waals surface area contributed by atoms with Crippen molar-refractivity contribution in [3.8, 4) is 11.5 Å². The zero-order chi connectivity index (χ0) is 20.7. The summed E-state index contributed by atoms with van der Waals surface area (Å²) in [5.41, 5.74) is 0.773. The second kappa shape index (κ2) is 10.2. The third-order valence-corrected chi connectivity index (χ3v) is 4.99. The van der Waals surface area contributed by atoms with Gasteiger partial charge in [0.05, 0.1) is 13.7 Å². The molecule has 0 aromatic heterocycles. The fourth-order valence-corrected chi connectivity index (χ4v) is 3.56. The van der Waals surface area contributed by atoms with Gasteiger partial charge < -0.3 is 19.1 Å². The summed E-state index contributed by atoms with van der Waals surface area (Å²) in [5, 5.41) is 0. The van der Waals surface area contributed by atoms with Crippen LogP contribution in [0.25, 0.3) is 6.08 Å². The quantitative estimate of drug-likeness (QED) is 0.524. The molecule has 1 fully saturated rings. The maximum Gasteiger partial charge on any atom is 0.331 e. The molecular formula is C22H31NO5. The Labute approximate surface area is 167 Å². The Morgan fingerprint density at radius 2 is 1.89 bits per heavy atom. The van der Waals surface area contributed by atoms with E-state index in [1.54, 1.807) is 32.2 Å². The Kier molecular flexibility index (Phi) is 7.91. The number of piperidine rings is 1. The number of hydrogen-bond donors (Lipinski definition) is 0. The van der Waals surface area contributed by atoms with E-state index in [-0.39, 0.29) is 18.0 Å². The second-order valence-corrected chi connectivity index (χ2v) is 7.13. The van der Waals surface area contributed by atoms with Crippen molar-refractivity contribution in [2.45, 2.75) is 65.1 Å². The molecule has 154 valence electrons. The van der Waals surface area contributed by atoms with E-state index in [1.807, 2.05) is 31.7 Å². The van der Waals surface area contributed by atoms with Crippen LogP contribution in [0, 0.1) is 0 Å². The number of amides is 1. The SMILES string of the molecule is CCOc1ccc(/C=C/C(=O)O[C@@H](C)C(=O)N2[C@@H](C)CCC[C@@H]2C)cc1OC. The normalized spacial score (nSPS) is 20.7. The first-order chi connectivity index (χ1) is 13.4. The van der Waals surface area contributed by atoms with Gasteiger partial charge in [0.25, 0.3) is 5.91 Å². The summed E-state index contributed by atoms with van der Waals surface area (Å²) < 4.78 is 16.1. The number of nitrogens with zero attached hydrogens (tertiary/aromatic N) is 1. The third-order valence-electron chi connectivity index (χ3n) is 4.99. The van der Waals surface area contributed by atoms with Crippen LogP contribution in [0.5, 0.6) is 11.5 Å². The number of methoxy groups -OCH3 is 1. The lowest BCUT2D eigenvalue weighted by atomic mass is 9.97. The molecule has 0 bridgehead atoms. The molecule has 1 aliphatic heterocycles. The fourth-order valence-electron chi connectivity index (χ4n) is 3.56. The molecule has 1 heterocycles. The molecule has 3 atom stereocenters. The highest BCUT2D eigenvalue weighted by Crippen LogP contribution is 2.28. The van der Waals surface area contributed by atoms with E-state index in [0.717, 1.165) is 24.8 Å². The minimum atomic E-state index is -0.810.